The maximum Gasteiger partial charge on any atom is 0.168 e. The molecule has 1 aromatic carbocycles. The molecule has 0 saturated carbocycles. The standard InChI is InChI=1S/C23H22FN7O2/c1-13-10-27-23-21(32-13)8-16(12-28-23)15-7-20(22(25)26-11-15)33-14(2)18-9-17(24)3-4-19(18)31-29-5-6-30-31/h3-9,11-14H,10H2,1-2H3,(H2,25,26)(H,27,28)/t13?,14-/m1/s1. The monoisotopic (exact) mass is 447 g/mol. The highest BCUT2D eigenvalue weighted by molar-refractivity contribution is 5.70. The summed E-state index contributed by atoms with van der Waals surface area (Å²) in [5.41, 5.74) is 8.84. The van der Waals surface area contributed by atoms with Crippen molar-refractivity contribution in [2.24, 2.45) is 0 Å². The predicted molar refractivity (Wildman–Crippen MR) is 121 cm³/mol. The van der Waals surface area contributed by atoms with Crippen LogP contribution < -0.4 is 20.5 Å². The molecule has 0 amide bonds. The lowest BCUT2D eigenvalue weighted by atomic mass is 10.1. The molecule has 0 fully saturated rings. The topological polar surface area (TPSA) is 113 Å². The number of rotatable bonds is 5. The molecule has 1 unspecified atom stereocenters. The molecule has 0 aliphatic carbocycles. The van der Waals surface area contributed by atoms with Crippen LogP contribution >= 0.6 is 0 Å². The van der Waals surface area contributed by atoms with E-state index in [1.54, 1.807) is 43.8 Å². The summed E-state index contributed by atoms with van der Waals surface area (Å²) in [5.74, 6) is 1.58. The van der Waals surface area contributed by atoms with Crippen molar-refractivity contribution in [1.29, 1.82) is 0 Å². The zero-order valence-corrected chi connectivity index (χ0v) is 18.1. The third-order valence-corrected chi connectivity index (χ3v) is 5.32. The van der Waals surface area contributed by atoms with Gasteiger partial charge in [-0.15, -0.1) is 0 Å². The third-order valence-electron chi connectivity index (χ3n) is 5.32. The van der Waals surface area contributed by atoms with Crippen LogP contribution in [0, 0.1) is 5.82 Å². The average molecular weight is 447 g/mol. The van der Waals surface area contributed by atoms with Crippen LogP contribution in [-0.2, 0) is 0 Å². The summed E-state index contributed by atoms with van der Waals surface area (Å²) < 4.78 is 26.1. The van der Waals surface area contributed by atoms with E-state index in [4.69, 9.17) is 15.2 Å². The number of halogens is 1. The maximum atomic E-state index is 14.1. The highest BCUT2D eigenvalue weighted by atomic mass is 19.1. The molecular weight excluding hydrogens is 425 g/mol. The van der Waals surface area contributed by atoms with Crippen LogP contribution in [-0.4, -0.2) is 37.6 Å². The summed E-state index contributed by atoms with van der Waals surface area (Å²) in [4.78, 5) is 10.1. The van der Waals surface area contributed by atoms with Crippen LogP contribution in [0.4, 0.5) is 16.0 Å². The average Bonchev–Trinajstić information content (AvgIpc) is 3.34. The molecule has 33 heavy (non-hydrogen) atoms. The smallest absolute Gasteiger partial charge is 0.168 e. The van der Waals surface area contributed by atoms with Crippen molar-refractivity contribution < 1.29 is 13.9 Å². The number of ether oxygens (including phenoxy) is 2. The molecule has 3 N–H and O–H groups in total. The lowest BCUT2D eigenvalue weighted by Crippen LogP contribution is -2.28. The SMILES string of the molecule is CC1CNc2ncc(-c3cnc(N)c(O[C@H](C)c4cc(F)ccc4-n4nccn4)c3)cc2O1. The Morgan fingerprint density at radius 2 is 1.91 bits per heavy atom. The van der Waals surface area contributed by atoms with Crippen LogP contribution in [0.1, 0.15) is 25.5 Å². The van der Waals surface area contributed by atoms with E-state index in [9.17, 15) is 4.39 Å². The van der Waals surface area contributed by atoms with E-state index in [0.717, 1.165) is 11.1 Å². The second-order valence-corrected chi connectivity index (χ2v) is 7.77. The van der Waals surface area contributed by atoms with Crippen molar-refractivity contribution >= 4 is 11.6 Å². The number of hydrogen-bond donors (Lipinski definition) is 2. The van der Waals surface area contributed by atoms with Gasteiger partial charge in [0.25, 0.3) is 0 Å². The summed E-state index contributed by atoms with van der Waals surface area (Å²) in [6.45, 7) is 4.49. The van der Waals surface area contributed by atoms with E-state index < -0.39 is 6.10 Å². The minimum Gasteiger partial charge on any atom is -0.485 e. The van der Waals surface area contributed by atoms with Gasteiger partial charge in [-0.25, -0.2) is 14.4 Å². The van der Waals surface area contributed by atoms with Crippen molar-refractivity contribution in [3.63, 3.8) is 0 Å². The van der Waals surface area contributed by atoms with Crippen molar-refractivity contribution in [2.45, 2.75) is 26.1 Å². The Kier molecular flexibility index (Phi) is 5.25. The molecule has 0 bridgehead atoms. The van der Waals surface area contributed by atoms with Gasteiger partial charge in [-0.2, -0.15) is 15.0 Å². The number of anilines is 2. The van der Waals surface area contributed by atoms with Gasteiger partial charge in [0.15, 0.2) is 23.1 Å². The molecule has 4 heterocycles. The lowest BCUT2D eigenvalue weighted by Gasteiger charge is -2.24. The van der Waals surface area contributed by atoms with Gasteiger partial charge in [-0.05, 0) is 44.2 Å². The molecule has 9 nitrogen and oxygen atoms in total. The van der Waals surface area contributed by atoms with Crippen molar-refractivity contribution in [3.8, 4) is 28.3 Å². The van der Waals surface area contributed by atoms with Crippen molar-refractivity contribution in [3.05, 3.63) is 66.5 Å². The van der Waals surface area contributed by atoms with Crippen LogP contribution in [0.25, 0.3) is 16.8 Å². The number of aromatic nitrogens is 5. The Bertz CT molecular complexity index is 1300. The zero-order valence-electron chi connectivity index (χ0n) is 18.1. The molecule has 1 aliphatic rings. The number of pyridine rings is 2. The predicted octanol–water partition coefficient (Wildman–Crippen LogP) is 3.78. The Hall–Kier alpha value is -4.21. The van der Waals surface area contributed by atoms with Gasteiger partial charge in [0, 0.05) is 29.1 Å². The van der Waals surface area contributed by atoms with Crippen molar-refractivity contribution in [1.82, 2.24) is 25.0 Å². The minimum atomic E-state index is -0.559. The van der Waals surface area contributed by atoms with Crippen molar-refractivity contribution in [2.75, 3.05) is 17.6 Å². The first-order valence-electron chi connectivity index (χ1n) is 10.5. The first kappa shape index (κ1) is 20.7. The number of nitrogens with two attached hydrogens (primary N) is 1. The number of nitrogens with zero attached hydrogens (tertiary/aromatic N) is 5. The highest BCUT2D eigenvalue weighted by Gasteiger charge is 2.20. The highest BCUT2D eigenvalue weighted by Crippen LogP contribution is 2.35. The van der Waals surface area contributed by atoms with Gasteiger partial charge in [0.2, 0.25) is 0 Å². The van der Waals surface area contributed by atoms with Gasteiger partial charge in [0.05, 0.1) is 24.6 Å². The fourth-order valence-electron chi connectivity index (χ4n) is 3.66. The Morgan fingerprint density at radius 3 is 2.73 bits per heavy atom. The molecule has 4 aromatic rings. The molecule has 3 aromatic heterocycles. The third kappa shape index (κ3) is 4.14. The van der Waals surface area contributed by atoms with Gasteiger partial charge < -0.3 is 20.5 Å². The summed E-state index contributed by atoms with van der Waals surface area (Å²) >= 11 is 0. The molecule has 1 aliphatic heterocycles. The van der Waals surface area contributed by atoms with Crippen LogP contribution in [0.5, 0.6) is 11.5 Å². The van der Waals surface area contributed by atoms with E-state index in [1.165, 1.54) is 16.9 Å². The zero-order chi connectivity index (χ0) is 22.9. The van der Waals surface area contributed by atoms with Gasteiger partial charge >= 0.3 is 0 Å². The quantitative estimate of drug-likeness (QED) is 0.475. The first-order valence-corrected chi connectivity index (χ1v) is 10.5. The van der Waals surface area contributed by atoms with Gasteiger partial charge in [-0.1, -0.05) is 0 Å². The number of benzene rings is 1. The van der Waals surface area contributed by atoms with Crippen LogP contribution in [0.15, 0.2) is 55.1 Å². The van der Waals surface area contributed by atoms with E-state index in [-0.39, 0.29) is 17.7 Å². The first-order chi connectivity index (χ1) is 16.0. The number of nitrogen functional groups attached to an aromatic ring is 1. The molecule has 2 atom stereocenters. The summed E-state index contributed by atoms with van der Waals surface area (Å²) in [5, 5.41) is 11.5. The van der Waals surface area contributed by atoms with Crippen LogP contribution in [0.2, 0.25) is 0 Å². The second kappa shape index (κ2) is 8.38. The summed E-state index contributed by atoms with van der Waals surface area (Å²) in [6.07, 6.45) is 5.98. The summed E-state index contributed by atoms with van der Waals surface area (Å²) in [7, 11) is 0. The lowest BCUT2D eigenvalue weighted by molar-refractivity contribution is 0.224. The molecular formula is C23H22FN7O2. The normalized spacial score (nSPS) is 15.8. The molecule has 0 saturated heterocycles. The number of hydrogen-bond acceptors (Lipinski definition) is 8. The van der Waals surface area contributed by atoms with E-state index in [1.807, 2.05) is 13.0 Å². The van der Waals surface area contributed by atoms with Gasteiger partial charge in [0.1, 0.15) is 18.0 Å². The second-order valence-electron chi connectivity index (χ2n) is 7.77. The van der Waals surface area contributed by atoms with Gasteiger partial charge in [-0.3, -0.25) is 0 Å². The molecule has 168 valence electrons. The molecule has 10 heteroatoms. The molecule has 5 rings (SSSR count). The molecule has 0 spiro atoms. The minimum absolute atomic E-state index is 0.0450. The maximum absolute atomic E-state index is 14.1. The Morgan fingerprint density at radius 1 is 1.15 bits per heavy atom. The van der Waals surface area contributed by atoms with Crippen LogP contribution in [0.3, 0.4) is 0 Å². The van der Waals surface area contributed by atoms with E-state index >= 15 is 0 Å². The fourth-order valence-corrected chi connectivity index (χ4v) is 3.66. The Balaban J connectivity index is 1.46. The number of nitrogens with one attached hydrogen (secondary N) is 1. The number of fused-ring (bicyclic) bond motifs is 1. The summed E-state index contributed by atoms with van der Waals surface area (Å²) in [6, 6.07) is 8.05. The van der Waals surface area contributed by atoms with E-state index in [0.29, 0.717) is 35.1 Å². The molecule has 0 radical (unpaired) electrons. The fraction of sp³-hybridized carbons (Fsp3) is 0.217. The largest absolute Gasteiger partial charge is 0.485 e. The Labute approximate surface area is 189 Å². The van der Waals surface area contributed by atoms with E-state index in [2.05, 4.69) is 25.5 Å².